The number of carbonyl (C=O) groups is 1. The zero-order valence-corrected chi connectivity index (χ0v) is 18.5. The minimum atomic E-state index is -1.30. The third kappa shape index (κ3) is 4.75. The van der Waals surface area contributed by atoms with Crippen molar-refractivity contribution in [3.05, 3.63) is 66.7 Å². The standard InChI is InChI=1S/C20H17BrN4O7/c1-3-17-23-14-5-4-12(21)8-13(14)20(28)24(17)22-9-11-6-15(25(29)30)19(16(7-11)31-2)32-10-18(26)27/h4-9H,3,10H2,1-2H3,(H,26,27). The van der Waals surface area contributed by atoms with Gasteiger partial charge in [0.1, 0.15) is 5.82 Å². The number of carboxylic acids is 1. The minimum absolute atomic E-state index is 0.0504. The van der Waals surface area contributed by atoms with E-state index in [0.717, 1.165) is 10.7 Å². The van der Waals surface area contributed by atoms with Gasteiger partial charge in [0.15, 0.2) is 12.4 Å². The minimum Gasteiger partial charge on any atom is -0.493 e. The molecule has 3 aromatic rings. The third-order valence-electron chi connectivity index (χ3n) is 4.33. The van der Waals surface area contributed by atoms with Gasteiger partial charge in [-0.1, -0.05) is 22.9 Å². The molecule has 0 aliphatic heterocycles. The molecule has 1 N–H and O–H groups in total. The molecule has 0 radical (unpaired) electrons. The predicted molar refractivity (Wildman–Crippen MR) is 119 cm³/mol. The molecular formula is C20H17BrN4O7. The summed E-state index contributed by atoms with van der Waals surface area (Å²) in [5.41, 5.74) is -0.138. The largest absolute Gasteiger partial charge is 0.493 e. The number of nitro groups is 1. The third-order valence-corrected chi connectivity index (χ3v) is 4.82. The number of ether oxygens (including phenoxy) is 2. The summed E-state index contributed by atoms with van der Waals surface area (Å²) in [7, 11) is 1.26. The number of nitrogens with zero attached hydrogens (tertiary/aromatic N) is 4. The number of aryl methyl sites for hydroxylation is 1. The first-order chi connectivity index (χ1) is 15.2. The van der Waals surface area contributed by atoms with Crippen molar-refractivity contribution < 1.29 is 24.3 Å². The molecule has 0 atom stereocenters. The van der Waals surface area contributed by atoms with E-state index in [4.69, 9.17) is 14.6 Å². The molecule has 32 heavy (non-hydrogen) atoms. The van der Waals surface area contributed by atoms with Gasteiger partial charge in [0.2, 0.25) is 5.75 Å². The van der Waals surface area contributed by atoms with E-state index >= 15 is 0 Å². The van der Waals surface area contributed by atoms with E-state index in [9.17, 15) is 19.7 Å². The number of halogens is 1. The fourth-order valence-electron chi connectivity index (χ4n) is 2.92. The molecule has 11 nitrogen and oxygen atoms in total. The summed E-state index contributed by atoms with van der Waals surface area (Å²) in [6, 6.07) is 7.66. The van der Waals surface area contributed by atoms with Gasteiger partial charge in [-0.15, -0.1) is 0 Å². The quantitative estimate of drug-likeness (QED) is 0.279. The lowest BCUT2D eigenvalue weighted by molar-refractivity contribution is -0.385. The van der Waals surface area contributed by atoms with Crippen LogP contribution in [0.1, 0.15) is 18.3 Å². The first-order valence-corrected chi connectivity index (χ1v) is 10.0. The fourth-order valence-corrected chi connectivity index (χ4v) is 3.28. The van der Waals surface area contributed by atoms with Gasteiger partial charge in [-0.2, -0.15) is 9.78 Å². The van der Waals surface area contributed by atoms with Gasteiger partial charge >= 0.3 is 11.7 Å². The van der Waals surface area contributed by atoms with Crippen molar-refractivity contribution in [3.63, 3.8) is 0 Å². The van der Waals surface area contributed by atoms with Gasteiger partial charge in [0.25, 0.3) is 5.56 Å². The van der Waals surface area contributed by atoms with E-state index in [0.29, 0.717) is 27.6 Å². The number of hydrogen-bond acceptors (Lipinski definition) is 8. The van der Waals surface area contributed by atoms with Crippen LogP contribution in [0.4, 0.5) is 5.69 Å². The van der Waals surface area contributed by atoms with Crippen LogP contribution in [0.25, 0.3) is 10.9 Å². The first-order valence-electron chi connectivity index (χ1n) is 9.21. The molecule has 0 unspecified atom stereocenters. The monoisotopic (exact) mass is 504 g/mol. The molecule has 1 heterocycles. The molecule has 1 aromatic heterocycles. The molecular weight excluding hydrogens is 488 g/mol. The van der Waals surface area contributed by atoms with E-state index in [-0.39, 0.29) is 17.1 Å². The molecule has 0 aliphatic carbocycles. The Labute approximate surface area is 189 Å². The maximum atomic E-state index is 13.0. The lowest BCUT2D eigenvalue weighted by atomic mass is 10.2. The second-order valence-electron chi connectivity index (χ2n) is 6.42. The van der Waals surface area contributed by atoms with Gasteiger partial charge in [-0.25, -0.2) is 9.78 Å². The zero-order chi connectivity index (χ0) is 23.4. The van der Waals surface area contributed by atoms with Crippen LogP contribution in [0.2, 0.25) is 0 Å². The van der Waals surface area contributed by atoms with Crippen molar-refractivity contribution in [3.8, 4) is 11.5 Å². The summed E-state index contributed by atoms with van der Waals surface area (Å²) in [5.74, 6) is -1.26. The summed E-state index contributed by atoms with van der Waals surface area (Å²) >= 11 is 3.33. The van der Waals surface area contributed by atoms with Crippen LogP contribution in [0.15, 0.2) is 44.7 Å². The highest BCUT2D eigenvalue weighted by molar-refractivity contribution is 9.10. The Hall–Kier alpha value is -3.80. The molecule has 0 saturated heterocycles. The second-order valence-corrected chi connectivity index (χ2v) is 7.33. The van der Waals surface area contributed by atoms with Crippen LogP contribution < -0.4 is 15.0 Å². The normalized spacial score (nSPS) is 11.1. The zero-order valence-electron chi connectivity index (χ0n) is 16.9. The van der Waals surface area contributed by atoms with Gasteiger partial charge in [-0.05, 0) is 24.3 Å². The van der Waals surface area contributed by atoms with Crippen molar-refractivity contribution in [2.45, 2.75) is 13.3 Å². The molecule has 0 spiro atoms. The van der Waals surface area contributed by atoms with Gasteiger partial charge in [0, 0.05) is 22.5 Å². The van der Waals surface area contributed by atoms with E-state index < -0.39 is 28.7 Å². The number of aliphatic carboxylic acids is 1. The highest BCUT2D eigenvalue weighted by Crippen LogP contribution is 2.38. The Kier molecular flexibility index (Phi) is 6.83. The summed E-state index contributed by atoms with van der Waals surface area (Å²) < 4.78 is 12.0. The van der Waals surface area contributed by atoms with Crippen molar-refractivity contribution in [2.24, 2.45) is 5.10 Å². The molecule has 2 aromatic carbocycles. The van der Waals surface area contributed by atoms with E-state index in [1.807, 2.05) is 6.92 Å². The Bertz CT molecular complexity index is 1300. The smallest absolute Gasteiger partial charge is 0.341 e. The molecule has 0 saturated carbocycles. The van der Waals surface area contributed by atoms with Gasteiger partial charge in [-0.3, -0.25) is 14.9 Å². The molecule has 3 rings (SSSR count). The summed E-state index contributed by atoms with van der Waals surface area (Å²) in [5, 5.41) is 24.9. The number of methoxy groups -OCH3 is 1. The number of carboxylic acid groups (broad SMARTS) is 1. The number of hydrogen-bond donors (Lipinski definition) is 1. The summed E-state index contributed by atoms with van der Waals surface area (Å²) in [4.78, 5) is 39.0. The fraction of sp³-hybridized carbons (Fsp3) is 0.200. The summed E-state index contributed by atoms with van der Waals surface area (Å²) in [6.45, 7) is 1.04. The Morgan fingerprint density at radius 1 is 1.38 bits per heavy atom. The van der Waals surface area contributed by atoms with Crippen molar-refractivity contribution in [1.29, 1.82) is 0 Å². The number of benzene rings is 2. The van der Waals surface area contributed by atoms with Crippen LogP contribution >= 0.6 is 15.9 Å². The number of rotatable bonds is 8. The Balaban J connectivity index is 2.11. The number of aromatic nitrogens is 2. The summed E-state index contributed by atoms with van der Waals surface area (Å²) in [6.07, 6.45) is 1.67. The predicted octanol–water partition coefficient (Wildman–Crippen LogP) is 2.98. The van der Waals surface area contributed by atoms with Crippen LogP contribution in [0.5, 0.6) is 11.5 Å². The maximum absolute atomic E-state index is 13.0. The highest BCUT2D eigenvalue weighted by atomic mass is 79.9. The second kappa shape index (κ2) is 9.56. The average Bonchev–Trinajstić information content (AvgIpc) is 2.76. The van der Waals surface area contributed by atoms with Crippen LogP contribution in [-0.4, -0.2) is 45.6 Å². The van der Waals surface area contributed by atoms with E-state index in [1.165, 1.54) is 19.4 Å². The average molecular weight is 505 g/mol. The highest BCUT2D eigenvalue weighted by Gasteiger charge is 2.23. The van der Waals surface area contributed by atoms with Crippen LogP contribution in [-0.2, 0) is 11.2 Å². The lowest BCUT2D eigenvalue weighted by Crippen LogP contribution is -2.22. The van der Waals surface area contributed by atoms with Gasteiger partial charge in [0.05, 0.1) is 29.2 Å². The van der Waals surface area contributed by atoms with Crippen molar-refractivity contribution >= 4 is 44.7 Å². The van der Waals surface area contributed by atoms with Crippen molar-refractivity contribution in [1.82, 2.24) is 9.66 Å². The SMILES string of the molecule is CCc1nc2ccc(Br)cc2c(=O)n1N=Cc1cc(OC)c(OCC(=O)O)c([N+](=O)[O-])c1. The Morgan fingerprint density at radius 3 is 2.75 bits per heavy atom. The molecule has 0 fully saturated rings. The number of fused-ring (bicyclic) bond motifs is 1. The lowest BCUT2D eigenvalue weighted by Gasteiger charge is -2.11. The molecule has 0 aliphatic rings. The van der Waals surface area contributed by atoms with E-state index in [2.05, 4.69) is 26.0 Å². The first kappa shape index (κ1) is 22.9. The molecule has 166 valence electrons. The van der Waals surface area contributed by atoms with E-state index in [1.54, 1.807) is 18.2 Å². The molecule has 0 bridgehead atoms. The Morgan fingerprint density at radius 2 is 2.12 bits per heavy atom. The number of nitro benzene ring substituents is 1. The van der Waals surface area contributed by atoms with Crippen LogP contribution in [0, 0.1) is 10.1 Å². The molecule has 12 heteroatoms. The van der Waals surface area contributed by atoms with Gasteiger partial charge < -0.3 is 14.6 Å². The van der Waals surface area contributed by atoms with Crippen LogP contribution in [0.3, 0.4) is 0 Å². The molecule has 0 amide bonds. The maximum Gasteiger partial charge on any atom is 0.341 e. The topological polar surface area (TPSA) is 146 Å². The van der Waals surface area contributed by atoms with Crippen molar-refractivity contribution in [2.75, 3.05) is 13.7 Å².